The van der Waals surface area contributed by atoms with Crippen molar-refractivity contribution >= 4 is 5.91 Å². The SMILES string of the molecule is CC.CC.CN(C1CCN(C(=O)COc2ccc(CO)cc2)C1)C1NC=CC=C1C(F)(F)F. The van der Waals surface area contributed by atoms with Gasteiger partial charge in [0, 0.05) is 19.1 Å². The molecule has 2 aliphatic heterocycles. The first-order chi connectivity index (χ1) is 15.8. The Bertz CT molecular complexity index is 779. The molecule has 186 valence electrons. The maximum absolute atomic E-state index is 13.3. The zero-order valence-corrected chi connectivity index (χ0v) is 20.0. The van der Waals surface area contributed by atoms with Crippen LogP contribution in [0.15, 0.2) is 48.2 Å². The van der Waals surface area contributed by atoms with Crippen LogP contribution in [-0.4, -0.2) is 65.9 Å². The fourth-order valence-corrected chi connectivity index (χ4v) is 3.50. The second-order valence-corrected chi connectivity index (χ2v) is 7.09. The molecule has 2 N–H and O–H groups in total. The minimum absolute atomic E-state index is 0.0707. The van der Waals surface area contributed by atoms with E-state index >= 15 is 0 Å². The molecule has 0 bridgehead atoms. The molecule has 3 rings (SSSR count). The third-order valence-electron chi connectivity index (χ3n) is 5.22. The molecule has 0 spiro atoms. The highest BCUT2D eigenvalue weighted by Crippen LogP contribution is 2.32. The number of halogens is 3. The van der Waals surface area contributed by atoms with Gasteiger partial charge in [0.15, 0.2) is 6.61 Å². The van der Waals surface area contributed by atoms with Crippen molar-refractivity contribution in [2.75, 3.05) is 26.7 Å². The number of benzene rings is 1. The third-order valence-corrected chi connectivity index (χ3v) is 5.22. The number of dihydropyridines is 1. The van der Waals surface area contributed by atoms with Gasteiger partial charge in [-0.2, -0.15) is 13.2 Å². The first-order valence-electron chi connectivity index (χ1n) is 11.3. The minimum atomic E-state index is -4.43. The number of aliphatic hydroxyl groups is 1. The number of alkyl halides is 3. The van der Waals surface area contributed by atoms with E-state index in [2.05, 4.69) is 5.32 Å². The van der Waals surface area contributed by atoms with Crippen LogP contribution in [0.25, 0.3) is 0 Å². The van der Waals surface area contributed by atoms with Gasteiger partial charge in [-0.3, -0.25) is 9.69 Å². The van der Waals surface area contributed by atoms with E-state index in [1.807, 2.05) is 27.7 Å². The molecular formula is C24H36F3N3O3. The van der Waals surface area contributed by atoms with E-state index in [0.29, 0.717) is 25.3 Å². The lowest BCUT2D eigenvalue weighted by molar-refractivity contribution is -0.132. The summed E-state index contributed by atoms with van der Waals surface area (Å²) in [4.78, 5) is 15.7. The molecule has 1 aromatic rings. The van der Waals surface area contributed by atoms with E-state index in [4.69, 9.17) is 9.84 Å². The summed E-state index contributed by atoms with van der Waals surface area (Å²) in [6, 6.07) is 6.56. The summed E-state index contributed by atoms with van der Waals surface area (Å²) in [6.45, 7) is 8.59. The number of likely N-dealkylation sites (tertiary alicyclic amines) is 1. The van der Waals surface area contributed by atoms with Crippen molar-refractivity contribution in [3.05, 3.63) is 53.8 Å². The molecule has 2 atom stereocenters. The van der Waals surface area contributed by atoms with Gasteiger partial charge in [-0.1, -0.05) is 39.8 Å². The van der Waals surface area contributed by atoms with Crippen molar-refractivity contribution in [1.82, 2.24) is 15.1 Å². The number of carbonyl (C=O) groups excluding carboxylic acids is 1. The summed E-state index contributed by atoms with van der Waals surface area (Å²) in [5.41, 5.74) is 0.0921. The van der Waals surface area contributed by atoms with Crippen molar-refractivity contribution in [2.45, 2.75) is 59.1 Å². The normalized spacial score (nSPS) is 19.6. The lowest BCUT2D eigenvalue weighted by Gasteiger charge is -2.36. The fourth-order valence-electron chi connectivity index (χ4n) is 3.50. The second kappa shape index (κ2) is 13.9. The monoisotopic (exact) mass is 471 g/mol. The highest BCUT2D eigenvalue weighted by molar-refractivity contribution is 5.78. The lowest BCUT2D eigenvalue weighted by Crippen LogP contribution is -2.52. The van der Waals surface area contributed by atoms with Crippen LogP contribution in [0.4, 0.5) is 13.2 Å². The molecule has 0 saturated carbocycles. The van der Waals surface area contributed by atoms with Crippen molar-refractivity contribution in [3.63, 3.8) is 0 Å². The predicted octanol–water partition coefficient (Wildman–Crippen LogP) is 4.07. The van der Waals surface area contributed by atoms with Gasteiger partial charge in [-0.05, 0) is 49.5 Å². The number of nitrogens with zero attached hydrogens (tertiary/aromatic N) is 2. The second-order valence-electron chi connectivity index (χ2n) is 7.09. The van der Waals surface area contributed by atoms with E-state index in [1.165, 1.54) is 12.3 Å². The van der Waals surface area contributed by atoms with Crippen LogP contribution in [0.3, 0.4) is 0 Å². The van der Waals surface area contributed by atoms with Gasteiger partial charge in [-0.25, -0.2) is 0 Å². The van der Waals surface area contributed by atoms with Crippen molar-refractivity contribution < 1.29 is 27.8 Å². The predicted molar refractivity (Wildman–Crippen MR) is 124 cm³/mol. The van der Waals surface area contributed by atoms with Crippen molar-refractivity contribution in [3.8, 4) is 5.75 Å². The van der Waals surface area contributed by atoms with Gasteiger partial charge in [0.2, 0.25) is 0 Å². The highest BCUT2D eigenvalue weighted by Gasteiger charge is 2.43. The molecule has 9 heteroatoms. The van der Waals surface area contributed by atoms with Crippen LogP contribution in [0.5, 0.6) is 5.75 Å². The quantitative estimate of drug-likeness (QED) is 0.655. The van der Waals surface area contributed by atoms with E-state index in [1.54, 1.807) is 41.1 Å². The fraction of sp³-hybridized carbons (Fsp3) is 0.542. The van der Waals surface area contributed by atoms with Crippen LogP contribution in [-0.2, 0) is 11.4 Å². The summed E-state index contributed by atoms with van der Waals surface area (Å²) in [7, 11) is 1.63. The smallest absolute Gasteiger partial charge is 0.415 e. The number of allylic oxidation sites excluding steroid dienone is 2. The molecule has 0 aromatic heterocycles. The molecule has 1 aromatic carbocycles. The number of likely N-dealkylation sites (N-methyl/N-ethyl adjacent to an activating group) is 1. The summed E-state index contributed by atoms with van der Waals surface area (Å²) in [6.07, 6.45) is -0.927. The zero-order chi connectivity index (χ0) is 25.0. The zero-order valence-electron chi connectivity index (χ0n) is 20.0. The average molecular weight is 472 g/mol. The van der Waals surface area contributed by atoms with Gasteiger partial charge < -0.3 is 20.1 Å². The van der Waals surface area contributed by atoms with E-state index in [-0.39, 0.29) is 25.2 Å². The van der Waals surface area contributed by atoms with Gasteiger partial charge >= 0.3 is 6.18 Å². The molecule has 2 aliphatic rings. The maximum atomic E-state index is 13.3. The summed E-state index contributed by atoms with van der Waals surface area (Å²) in [5, 5.41) is 11.8. The number of ether oxygens (including phenoxy) is 1. The Hall–Kier alpha value is -2.52. The van der Waals surface area contributed by atoms with Gasteiger partial charge in [0.1, 0.15) is 11.9 Å². The van der Waals surface area contributed by atoms with Crippen LogP contribution >= 0.6 is 0 Å². The molecule has 1 fully saturated rings. The number of hydrogen-bond acceptors (Lipinski definition) is 5. The van der Waals surface area contributed by atoms with Crippen LogP contribution in [0, 0.1) is 0 Å². The van der Waals surface area contributed by atoms with E-state index in [0.717, 1.165) is 11.6 Å². The topological polar surface area (TPSA) is 65.0 Å². The standard InChI is InChI=1S/C20H24F3N3O3.2C2H6/c1-25(19-17(20(21,22)23)3-2-9-24-19)15-8-10-26(11-15)18(28)13-29-16-6-4-14(12-27)5-7-16;2*1-2/h2-7,9,15,19,24,27H,8,10-13H2,1H3;2*1-2H3. The average Bonchev–Trinajstić information content (AvgIpc) is 3.35. The first kappa shape index (κ1) is 28.5. The molecule has 0 aliphatic carbocycles. The Morgan fingerprint density at radius 1 is 1.21 bits per heavy atom. The Balaban J connectivity index is 0.00000129. The lowest BCUT2D eigenvalue weighted by atomic mass is 10.1. The first-order valence-corrected chi connectivity index (χ1v) is 11.3. The number of rotatable bonds is 6. The Kier molecular flexibility index (Phi) is 12.0. The van der Waals surface area contributed by atoms with E-state index < -0.39 is 17.9 Å². The summed E-state index contributed by atoms with van der Waals surface area (Å²) in [5.74, 6) is 0.303. The van der Waals surface area contributed by atoms with E-state index in [9.17, 15) is 18.0 Å². The molecule has 6 nitrogen and oxygen atoms in total. The van der Waals surface area contributed by atoms with Gasteiger partial charge in [-0.15, -0.1) is 0 Å². The molecule has 0 radical (unpaired) electrons. The molecule has 2 heterocycles. The highest BCUT2D eigenvalue weighted by atomic mass is 19.4. The number of nitrogens with one attached hydrogen (secondary N) is 1. The number of amides is 1. The van der Waals surface area contributed by atoms with Crippen LogP contribution in [0.2, 0.25) is 0 Å². The largest absolute Gasteiger partial charge is 0.484 e. The molecular weight excluding hydrogens is 435 g/mol. The Morgan fingerprint density at radius 2 is 1.85 bits per heavy atom. The maximum Gasteiger partial charge on any atom is 0.415 e. The van der Waals surface area contributed by atoms with Crippen molar-refractivity contribution in [1.29, 1.82) is 0 Å². The Labute approximate surface area is 194 Å². The number of hydrogen-bond donors (Lipinski definition) is 2. The number of aliphatic hydroxyl groups excluding tert-OH is 1. The van der Waals surface area contributed by atoms with Gasteiger partial charge in [0.05, 0.1) is 12.2 Å². The third kappa shape index (κ3) is 8.08. The van der Waals surface area contributed by atoms with Crippen LogP contribution in [0.1, 0.15) is 39.7 Å². The molecule has 1 saturated heterocycles. The van der Waals surface area contributed by atoms with Gasteiger partial charge in [0.25, 0.3) is 5.91 Å². The Morgan fingerprint density at radius 3 is 2.42 bits per heavy atom. The molecule has 33 heavy (non-hydrogen) atoms. The van der Waals surface area contributed by atoms with Crippen molar-refractivity contribution in [2.24, 2.45) is 0 Å². The number of carbonyl (C=O) groups is 1. The summed E-state index contributed by atoms with van der Waals surface area (Å²) < 4.78 is 45.4. The minimum Gasteiger partial charge on any atom is -0.484 e. The molecule has 2 unspecified atom stereocenters. The summed E-state index contributed by atoms with van der Waals surface area (Å²) >= 11 is 0. The van der Waals surface area contributed by atoms with Crippen LogP contribution < -0.4 is 10.1 Å². The molecule has 1 amide bonds.